The molecular weight excluding hydrogens is 825 g/mol. The largest absolute Gasteiger partial charge is 0.391 e. The number of pyridine rings is 2. The van der Waals surface area contributed by atoms with Crippen molar-refractivity contribution in [3.05, 3.63) is 153 Å². The van der Waals surface area contributed by atoms with E-state index in [-0.39, 0.29) is 0 Å². The lowest BCUT2D eigenvalue weighted by atomic mass is 9.88. The maximum absolute atomic E-state index is 4.85. The van der Waals surface area contributed by atoms with Crippen LogP contribution >= 0.6 is 0 Å². The molecule has 366 valence electrons. The Bertz CT molecular complexity index is 2180. The Hall–Kier alpha value is -4.31. The molecule has 0 saturated heterocycles. The first-order valence-electron chi connectivity index (χ1n) is 28.4. The van der Waals surface area contributed by atoms with Gasteiger partial charge in [-0.1, -0.05) is 49.8 Å². The summed E-state index contributed by atoms with van der Waals surface area (Å²) >= 11 is 0. The molecule has 4 heteroatoms. The number of fused-ring (bicyclic) bond motifs is 2. The van der Waals surface area contributed by atoms with Crippen LogP contribution in [0.2, 0.25) is 0 Å². The molecule has 2 aromatic heterocycles. The average molecular weight is 917 g/mol. The molecule has 0 radical (unpaired) electrons. The standard InChI is InChI=1S/C64H92N4/c1-3-25-54-27-15-18-35-62(54)50-66-42-22-6-10-32-59-49-60(33-11-7-23-44-67-46-39-56-29-16-19-36-63(56)51-67)58(31-9-5-21-41-65-43-38-55-28-14-13-26-53(55)4-2)48-61(59)34-12-8-24-45-68-47-40-57-30-17-20-37-64(57)52-68/h3-4,25,38-40,43,46-52,66H,1,5-24,26-37,41-42,44-45H2,2H3/q+2/b53-4-,54-25-,55-38-,62-50-,65-43+. The Labute approximate surface area is 415 Å². The van der Waals surface area contributed by atoms with Crippen molar-refractivity contribution in [1.82, 2.24) is 5.32 Å². The van der Waals surface area contributed by atoms with Crippen LogP contribution in [0.15, 0.2) is 113 Å². The molecular formula is C64H92N4+2. The third-order valence-electron chi connectivity index (χ3n) is 15.9. The minimum atomic E-state index is 0.943. The highest BCUT2D eigenvalue weighted by Crippen LogP contribution is 2.30. The van der Waals surface area contributed by atoms with Crippen LogP contribution in [0.4, 0.5) is 0 Å². The van der Waals surface area contributed by atoms with Gasteiger partial charge in [0.05, 0.1) is 0 Å². The third kappa shape index (κ3) is 17.0. The van der Waals surface area contributed by atoms with E-state index in [4.69, 9.17) is 4.99 Å². The van der Waals surface area contributed by atoms with Gasteiger partial charge in [-0.15, -0.1) is 0 Å². The Morgan fingerprint density at radius 2 is 0.956 bits per heavy atom. The Kier molecular flexibility index (Phi) is 22.5. The van der Waals surface area contributed by atoms with E-state index in [1.54, 1.807) is 44.5 Å². The van der Waals surface area contributed by atoms with E-state index in [2.05, 4.69) is 108 Å². The summed E-state index contributed by atoms with van der Waals surface area (Å²) in [5.41, 5.74) is 19.0. The van der Waals surface area contributed by atoms with Gasteiger partial charge in [0, 0.05) is 55.4 Å². The van der Waals surface area contributed by atoms with Gasteiger partial charge in [0.25, 0.3) is 0 Å². The summed E-state index contributed by atoms with van der Waals surface area (Å²) in [5, 5.41) is 3.70. The number of aryl methyl sites for hydroxylation is 10. The lowest BCUT2D eigenvalue weighted by molar-refractivity contribution is -0.698. The molecule has 4 aliphatic rings. The third-order valence-corrected chi connectivity index (χ3v) is 15.9. The summed E-state index contributed by atoms with van der Waals surface area (Å²) in [5.74, 6) is 0. The van der Waals surface area contributed by atoms with E-state index in [0.717, 1.165) is 26.2 Å². The van der Waals surface area contributed by atoms with E-state index in [1.807, 2.05) is 6.08 Å². The number of hydrogen-bond donors (Lipinski definition) is 1. The zero-order valence-corrected chi connectivity index (χ0v) is 43.1. The van der Waals surface area contributed by atoms with Gasteiger partial charge in [0.2, 0.25) is 0 Å². The van der Waals surface area contributed by atoms with E-state index in [1.165, 1.54) is 228 Å². The van der Waals surface area contributed by atoms with E-state index < -0.39 is 0 Å². The fourth-order valence-electron chi connectivity index (χ4n) is 11.8. The smallest absolute Gasteiger partial charge is 0.172 e. The van der Waals surface area contributed by atoms with Crippen LogP contribution in [0.5, 0.6) is 0 Å². The highest BCUT2D eigenvalue weighted by atomic mass is 14.9. The van der Waals surface area contributed by atoms with Crippen LogP contribution in [0, 0.1) is 0 Å². The molecule has 0 unspecified atom stereocenters. The first-order valence-corrected chi connectivity index (χ1v) is 28.4. The van der Waals surface area contributed by atoms with Crippen LogP contribution in [-0.2, 0) is 64.5 Å². The molecule has 7 rings (SSSR count). The summed E-state index contributed by atoms with van der Waals surface area (Å²) in [6.45, 7) is 10.4. The first-order chi connectivity index (χ1) is 33.7. The van der Waals surface area contributed by atoms with Gasteiger partial charge in [-0.25, -0.2) is 9.13 Å². The molecule has 2 saturated carbocycles. The van der Waals surface area contributed by atoms with Crippen molar-refractivity contribution in [3.8, 4) is 0 Å². The molecule has 1 N–H and O–H groups in total. The quantitative estimate of drug-likeness (QED) is 0.0461. The summed E-state index contributed by atoms with van der Waals surface area (Å²) in [4.78, 5) is 4.85. The number of nitrogens with one attached hydrogen (secondary N) is 1. The monoisotopic (exact) mass is 917 g/mol. The van der Waals surface area contributed by atoms with E-state index >= 15 is 0 Å². The molecule has 1 aromatic carbocycles. The number of aromatic nitrogens is 2. The van der Waals surface area contributed by atoms with Gasteiger partial charge < -0.3 is 5.32 Å². The van der Waals surface area contributed by atoms with Crippen molar-refractivity contribution < 1.29 is 9.13 Å². The van der Waals surface area contributed by atoms with Crippen molar-refractivity contribution >= 4 is 6.21 Å². The molecule has 0 aliphatic heterocycles. The minimum Gasteiger partial charge on any atom is -0.391 e. The van der Waals surface area contributed by atoms with Gasteiger partial charge >= 0.3 is 0 Å². The van der Waals surface area contributed by atoms with Crippen molar-refractivity contribution in [2.75, 3.05) is 13.1 Å². The average Bonchev–Trinajstić information content (AvgIpc) is 3.37. The number of aliphatic imine (C=N–C) groups is 1. The van der Waals surface area contributed by atoms with Crippen molar-refractivity contribution in [3.63, 3.8) is 0 Å². The van der Waals surface area contributed by atoms with Crippen LogP contribution in [0.3, 0.4) is 0 Å². The van der Waals surface area contributed by atoms with Crippen molar-refractivity contribution in [2.24, 2.45) is 4.99 Å². The fourth-order valence-corrected chi connectivity index (χ4v) is 11.8. The molecule has 0 spiro atoms. The highest BCUT2D eigenvalue weighted by Gasteiger charge is 2.17. The molecule has 2 heterocycles. The van der Waals surface area contributed by atoms with Gasteiger partial charge in [-0.05, 0) is 255 Å². The van der Waals surface area contributed by atoms with Crippen LogP contribution in [-0.4, -0.2) is 19.3 Å². The van der Waals surface area contributed by atoms with Crippen LogP contribution < -0.4 is 14.5 Å². The van der Waals surface area contributed by atoms with Crippen LogP contribution in [0.25, 0.3) is 0 Å². The summed E-state index contributed by atoms with van der Waals surface area (Å²) in [6, 6.07) is 10.2. The lowest BCUT2D eigenvalue weighted by Crippen LogP contribution is -2.34. The number of allylic oxidation sites excluding steroid dienone is 8. The predicted molar refractivity (Wildman–Crippen MR) is 290 cm³/mol. The van der Waals surface area contributed by atoms with E-state index in [9.17, 15) is 0 Å². The molecule has 4 aliphatic carbocycles. The minimum absolute atomic E-state index is 0.943. The Morgan fingerprint density at radius 3 is 1.49 bits per heavy atom. The molecule has 68 heavy (non-hydrogen) atoms. The maximum Gasteiger partial charge on any atom is 0.172 e. The number of rotatable bonds is 27. The second kappa shape index (κ2) is 29.7. The molecule has 3 aromatic rings. The number of benzene rings is 1. The highest BCUT2D eigenvalue weighted by molar-refractivity contribution is 5.73. The maximum atomic E-state index is 4.85. The fraction of sp³-hybridized carbons (Fsp3) is 0.578. The van der Waals surface area contributed by atoms with Gasteiger partial charge in [0.15, 0.2) is 24.8 Å². The lowest BCUT2D eigenvalue weighted by Gasteiger charge is -2.18. The zero-order chi connectivity index (χ0) is 46.9. The van der Waals surface area contributed by atoms with Crippen molar-refractivity contribution in [1.29, 1.82) is 0 Å². The van der Waals surface area contributed by atoms with Gasteiger partial charge in [-0.3, -0.25) is 4.99 Å². The number of nitrogens with zero attached hydrogens (tertiary/aromatic N) is 3. The first kappa shape index (κ1) is 51.5. The Balaban J connectivity index is 0.969. The second-order valence-electron chi connectivity index (χ2n) is 21.0. The number of unbranched alkanes of at least 4 members (excludes halogenated alkanes) is 8. The molecule has 0 bridgehead atoms. The predicted octanol–water partition coefficient (Wildman–Crippen LogP) is 14.9. The molecule has 4 nitrogen and oxygen atoms in total. The molecule has 2 fully saturated rings. The van der Waals surface area contributed by atoms with Gasteiger partial charge in [0.1, 0.15) is 13.1 Å². The summed E-state index contributed by atoms with van der Waals surface area (Å²) in [7, 11) is 0. The topological polar surface area (TPSA) is 32.1 Å². The van der Waals surface area contributed by atoms with Crippen LogP contribution in [0.1, 0.15) is 206 Å². The molecule has 0 amide bonds. The Morgan fingerprint density at radius 1 is 0.500 bits per heavy atom. The SMILES string of the molecule is C=C/C=C1/CCCC/C1=C/NCCCCCc1cc(CCCCC[n+]2ccc3c(c2)CCCC3)c(CCCCC/N=C/C=C2/CCCC/C2=C/C)cc1CCCCC[n+]1ccc2c(c1)CCCC2. The zero-order valence-electron chi connectivity index (χ0n) is 43.1. The van der Waals surface area contributed by atoms with Crippen molar-refractivity contribution in [2.45, 2.75) is 225 Å². The second-order valence-corrected chi connectivity index (χ2v) is 21.0. The molecule has 0 atom stereocenters. The normalized spacial score (nSPS) is 18.7. The van der Waals surface area contributed by atoms with Gasteiger partial charge in [-0.2, -0.15) is 0 Å². The number of hydrogen-bond acceptors (Lipinski definition) is 2. The summed E-state index contributed by atoms with van der Waals surface area (Å²) in [6.07, 6.45) is 63.3. The van der Waals surface area contributed by atoms with E-state index in [0.29, 0.717) is 0 Å². The summed E-state index contributed by atoms with van der Waals surface area (Å²) < 4.78 is 4.95.